The zero-order valence-electron chi connectivity index (χ0n) is 10.2. The van der Waals surface area contributed by atoms with Crippen molar-refractivity contribution in [2.24, 2.45) is 5.73 Å². The van der Waals surface area contributed by atoms with Gasteiger partial charge in [-0.1, -0.05) is 39.8 Å². The van der Waals surface area contributed by atoms with Crippen molar-refractivity contribution in [2.45, 2.75) is 46.1 Å². The molecule has 0 saturated heterocycles. The zero-order chi connectivity index (χ0) is 11.6. The van der Waals surface area contributed by atoms with Crippen LogP contribution in [0, 0.1) is 0 Å². The second kappa shape index (κ2) is 4.67. The van der Waals surface area contributed by atoms with Crippen LogP contribution in [0.2, 0.25) is 0 Å². The summed E-state index contributed by atoms with van der Waals surface area (Å²) in [7, 11) is 0. The average molecular weight is 206 g/mol. The third kappa shape index (κ3) is 2.51. The van der Waals surface area contributed by atoms with Gasteiger partial charge in [0.2, 0.25) is 0 Å². The third-order valence-corrected chi connectivity index (χ3v) is 2.78. The van der Waals surface area contributed by atoms with Gasteiger partial charge in [0.15, 0.2) is 0 Å². The summed E-state index contributed by atoms with van der Waals surface area (Å²) in [4.78, 5) is 0. The topological polar surface area (TPSA) is 52.0 Å². The minimum atomic E-state index is 0.453. The average Bonchev–Trinajstić information content (AvgIpc) is 2.17. The SMILES string of the molecule is CC(C)c1cc(CN)cc(C(C)C)c1N. The van der Waals surface area contributed by atoms with Gasteiger partial charge in [0.1, 0.15) is 0 Å². The van der Waals surface area contributed by atoms with Crippen LogP contribution in [0.25, 0.3) is 0 Å². The van der Waals surface area contributed by atoms with Crippen LogP contribution in [-0.2, 0) is 6.54 Å². The summed E-state index contributed by atoms with van der Waals surface area (Å²) in [6, 6.07) is 4.26. The molecule has 0 aromatic heterocycles. The van der Waals surface area contributed by atoms with Crippen LogP contribution in [0.3, 0.4) is 0 Å². The van der Waals surface area contributed by atoms with Crippen molar-refractivity contribution < 1.29 is 0 Å². The van der Waals surface area contributed by atoms with Crippen LogP contribution < -0.4 is 11.5 Å². The Morgan fingerprint density at radius 1 is 1.00 bits per heavy atom. The van der Waals surface area contributed by atoms with E-state index >= 15 is 0 Å². The Hall–Kier alpha value is -1.02. The molecule has 2 nitrogen and oxygen atoms in total. The van der Waals surface area contributed by atoms with E-state index in [0.717, 1.165) is 5.69 Å². The fraction of sp³-hybridized carbons (Fsp3) is 0.538. The molecule has 0 radical (unpaired) electrons. The number of nitrogens with two attached hydrogens (primary N) is 2. The quantitative estimate of drug-likeness (QED) is 0.747. The molecule has 0 spiro atoms. The molecule has 1 aromatic carbocycles. The van der Waals surface area contributed by atoms with E-state index in [1.807, 2.05) is 0 Å². The third-order valence-electron chi connectivity index (χ3n) is 2.78. The van der Waals surface area contributed by atoms with Crippen molar-refractivity contribution in [1.82, 2.24) is 0 Å². The maximum atomic E-state index is 6.17. The lowest BCUT2D eigenvalue weighted by atomic mass is 9.90. The number of hydrogen-bond donors (Lipinski definition) is 2. The van der Waals surface area contributed by atoms with Gasteiger partial charge in [0.25, 0.3) is 0 Å². The first-order valence-electron chi connectivity index (χ1n) is 5.59. The molecule has 0 saturated carbocycles. The minimum Gasteiger partial charge on any atom is -0.398 e. The Labute approximate surface area is 92.7 Å². The van der Waals surface area contributed by atoms with E-state index in [9.17, 15) is 0 Å². The summed E-state index contributed by atoms with van der Waals surface area (Å²) in [5.41, 5.74) is 16.4. The van der Waals surface area contributed by atoms with E-state index in [4.69, 9.17) is 11.5 Å². The van der Waals surface area contributed by atoms with Crippen LogP contribution in [0.1, 0.15) is 56.2 Å². The molecule has 4 N–H and O–H groups in total. The van der Waals surface area contributed by atoms with Crippen molar-refractivity contribution in [3.05, 3.63) is 28.8 Å². The van der Waals surface area contributed by atoms with Crippen LogP contribution >= 0.6 is 0 Å². The fourth-order valence-electron chi connectivity index (χ4n) is 1.84. The molecule has 0 heterocycles. The van der Waals surface area contributed by atoms with Crippen molar-refractivity contribution in [1.29, 1.82) is 0 Å². The number of nitrogen functional groups attached to an aromatic ring is 1. The molecule has 0 fully saturated rings. The van der Waals surface area contributed by atoms with Gasteiger partial charge in [-0.25, -0.2) is 0 Å². The maximum Gasteiger partial charge on any atom is 0.0384 e. The number of rotatable bonds is 3. The van der Waals surface area contributed by atoms with Crippen LogP contribution in [0.4, 0.5) is 5.69 Å². The van der Waals surface area contributed by atoms with E-state index < -0.39 is 0 Å². The van der Waals surface area contributed by atoms with E-state index in [1.165, 1.54) is 16.7 Å². The first-order chi connectivity index (χ1) is 6.97. The standard InChI is InChI=1S/C13H22N2/c1-8(2)11-5-10(7-14)6-12(9(3)4)13(11)15/h5-6,8-9H,7,14-15H2,1-4H3. The highest BCUT2D eigenvalue weighted by Gasteiger charge is 2.12. The predicted molar refractivity (Wildman–Crippen MR) is 66.9 cm³/mol. The van der Waals surface area contributed by atoms with Gasteiger partial charge in [-0.15, -0.1) is 0 Å². The molecule has 0 aliphatic carbocycles. The summed E-state index contributed by atoms with van der Waals surface area (Å²) < 4.78 is 0. The Kier molecular flexibility index (Phi) is 3.75. The largest absolute Gasteiger partial charge is 0.398 e. The van der Waals surface area contributed by atoms with Crippen LogP contribution in [0.15, 0.2) is 12.1 Å². The summed E-state index contributed by atoms with van der Waals surface area (Å²) in [6.45, 7) is 9.23. The molecule has 0 amide bonds. The second-order valence-corrected chi connectivity index (χ2v) is 4.70. The molecular weight excluding hydrogens is 184 g/mol. The molecule has 0 bridgehead atoms. The lowest BCUT2D eigenvalue weighted by Crippen LogP contribution is -2.07. The highest BCUT2D eigenvalue weighted by Crippen LogP contribution is 2.31. The van der Waals surface area contributed by atoms with Gasteiger partial charge in [0.05, 0.1) is 0 Å². The smallest absolute Gasteiger partial charge is 0.0384 e. The summed E-state index contributed by atoms with van der Waals surface area (Å²) in [5.74, 6) is 0.906. The van der Waals surface area contributed by atoms with Crippen molar-refractivity contribution in [3.63, 3.8) is 0 Å². The van der Waals surface area contributed by atoms with E-state index in [0.29, 0.717) is 18.4 Å². The number of benzene rings is 1. The number of anilines is 1. The first-order valence-corrected chi connectivity index (χ1v) is 5.59. The normalized spacial score (nSPS) is 11.4. The Bertz CT molecular complexity index is 311. The Morgan fingerprint density at radius 2 is 1.40 bits per heavy atom. The van der Waals surface area contributed by atoms with E-state index in [1.54, 1.807) is 0 Å². The Morgan fingerprint density at radius 3 is 1.67 bits per heavy atom. The molecule has 0 aliphatic heterocycles. The molecule has 15 heavy (non-hydrogen) atoms. The van der Waals surface area contributed by atoms with Gasteiger partial charge in [-0.3, -0.25) is 0 Å². The van der Waals surface area contributed by atoms with Gasteiger partial charge in [0, 0.05) is 12.2 Å². The molecule has 1 aromatic rings. The summed E-state index contributed by atoms with van der Waals surface area (Å²) >= 11 is 0. The van der Waals surface area contributed by atoms with Crippen LogP contribution in [-0.4, -0.2) is 0 Å². The van der Waals surface area contributed by atoms with Crippen LogP contribution in [0.5, 0.6) is 0 Å². The summed E-state index contributed by atoms with van der Waals surface area (Å²) in [5, 5.41) is 0. The lowest BCUT2D eigenvalue weighted by molar-refractivity contribution is 0.832. The molecule has 1 rings (SSSR count). The van der Waals surface area contributed by atoms with Crippen molar-refractivity contribution in [3.8, 4) is 0 Å². The highest BCUT2D eigenvalue weighted by atomic mass is 14.6. The van der Waals surface area contributed by atoms with E-state index in [-0.39, 0.29) is 0 Å². The molecule has 2 heteroatoms. The molecule has 0 aliphatic rings. The second-order valence-electron chi connectivity index (χ2n) is 4.70. The summed E-state index contributed by atoms with van der Waals surface area (Å²) in [6.07, 6.45) is 0. The molecular formula is C13H22N2. The minimum absolute atomic E-state index is 0.453. The van der Waals surface area contributed by atoms with Gasteiger partial charge in [-0.2, -0.15) is 0 Å². The Balaban J connectivity index is 3.33. The first kappa shape index (κ1) is 12.1. The zero-order valence-corrected chi connectivity index (χ0v) is 10.2. The monoisotopic (exact) mass is 206 g/mol. The number of hydrogen-bond acceptors (Lipinski definition) is 2. The van der Waals surface area contributed by atoms with Crippen molar-refractivity contribution in [2.75, 3.05) is 5.73 Å². The molecule has 84 valence electrons. The predicted octanol–water partition coefficient (Wildman–Crippen LogP) is 2.97. The van der Waals surface area contributed by atoms with Gasteiger partial charge in [-0.05, 0) is 28.5 Å². The van der Waals surface area contributed by atoms with Crippen molar-refractivity contribution >= 4 is 5.69 Å². The molecule has 0 atom stereocenters. The van der Waals surface area contributed by atoms with Gasteiger partial charge < -0.3 is 11.5 Å². The molecule has 0 unspecified atom stereocenters. The maximum absolute atomic E-state index is 6.17. The highest BCUT2D eigenvalue weighted by molar-refractivity contribution is 5.58. The van der Waals surface area contributed by atoms with Gasteiger partial charge >= 0.3 is 0 Å². The lowest BCUT2D eigenvalue weighted by Gasteiger charge is -2.18. The fourth-order valence-corrected chi connectivity index (χ4v) is 1.84. The van der Waals surface area contributed by atoms with E-state index in [2.05, 4.69) is 39.8 Å².